The largest absolute Gasteiger partial charge is 0.354 e. The van der Waals surface area contributed by atoms with Gasteiger partial charge in [-0.15, -0.1) is 24.0 Å². The van der Waals surface area contributed by atoms with Crippen LogP contribution in [0.5, 0.6) is 0 Å². The third-order valence-corrected chi connectivity index (χ3v) is 3.89. The SMILES string of the molecule is CN=C(NCc1noc(C)n1)NC1CCC(C)(C)CC1.I. The van der Waals surface area contributed by atoms with Gasteiger partial charge in [0.05, 0.1) is 6.54 Å². The average molecular weight is 407 g/mol. The van der Waals surface area contributed by atoms with Crippen LogP contribution in [0, 0.1) is 12.3 Å². The molecule has 1 saturated carbocycles. The molecule has 0 bridgehead atoms. The topological polar surface area (TPSA) is 75.3 Å². The molecule has 1 aromatic heterocycles. The molecule has 0 amide bonds. The van der Waals surface area contributed by atoms with Crippen LogP contribution in [0.3, 0.4) is 0 Å². The van der Waals surface area contributed by atoms with E-state index in [9.17, 15) is 0 Å². The minimum Gasteiger partial charge on any atom is -0.354 e. The van der Waals surface area contributed by atoms with Crippen LogP contribution in [0.4, 0.5) is 0 Å². The fraction of sp³-hybridized carbons (Fsp3) is 0.786. The van der Waals surface area contributed by atoms with Crippen LogP contribution < -0.4 is 10.6 Å². The van der Waals surface area contributed by atoms with Crippen LogP contribution in [0.2, 0.25) is 0 Å². The van der Waals surface area contributed by atoms with E-state index in [0.29, 0.717) is 29.7 Å². The summed E-state index contributed by atoms with van der Waals surface area (Å²) in [6.45, 7) is 6.99. The summed E-state index contributed by atoms with van der Waals surface area (Å²) >= 11 is 0. The van der Waals surface area contributed by atoms with Gasteiger partial charge in [0.1, 0.15) is 0 Å². The molecule has 2 rings (SSSR count). The number of aromatic nitrogens is 2. The smallest absolute Gasteiger partial charge is 0.223 e. The summed E-state index contributed by atoms with van der Waals surface area (Å²) < 4.78 is 4.94. The van der Waals surface area contributed by atoms with Crippen molar-refractivity contribution in [2.75, 3.05) is 7.05 Å². The van der Waals surface area contributed by atoms with Crippen molar-refractivity contribution in [2.24, 2.45) is 10.4 Å². The predicted octanol–water partition coefficient (Wildman–Crippen LogP) is 2.63. The maximum absolute atomic E-state index is 4.94. The second-order valence-corrected chi connectivity index (χ2v) is 6.24. The Kier molecular flexibility index (Phi) is 6.89. The van der Waals surface area contributed by atoms with Crippen LogP contribution in [-0.4, -0.2) is 29.2 Å². The molecule has 7 heteroatoms. The molecule has 0 aliphatic heterocycles. The van der Waals surface area contributed by atoms with Crippen LogP contribution in [-0.2, 0) is 6.54 Å². The Hall–Kier alpha value is -0.860. The summed E-state index contributed by atoms with van der Waals surface area (Å²) in [6, 6.07) is 0.501. The molecule has 0 saturated heterocycles. The van der Waals surface area contributed by atoms with Crippen molar-refractivity contribution in [1.82, 2.24) is 20.8 Å². The monoisotopic (exact) mass is 407 g/mol. The van der Waals surface area contributed by atoms with Crippen LogP contribution in [0.25, 0.3) is 0 Å². The second kappa shape index (κ2) is 7.95. The lowest BCUT2D eigenvalue weighted by Crippen LogP contribution is -2.45. The van der Waals surface area contributed by atoms with Gasteiger partial charge in [-0.25, -0.2) is 0 Å². The predicted molar refractivity (Wildman–Crippen MR) is 93.8 cm³/mol. The van der Waals surface area contributed by atoms with Gasteiger partial charge >= 0.3 is 0 Å². The number of aliphatic imine (C=N–C) groups is 1. The molecule has 1 aliphatic carbocycles. The molecule has 2 N–H and O–H groups in total. The van der Waals surface area contributed by atoms with Gasteiger partial charge in [0.25, 0.3) is 0 Å². The van der Waals surface area contributed by atoms with E-state index in [0.717, 1.165) is 5.96 Å². The third kappa shape index (κ3) is 5.80. The van der Waals surface area contributed by atoms with Crippen molar-refractivity contribution in [3.8, 4) is 0 Å². The molecule has 0 aromatic carbocycles. The lowest BCUT2D eigenvalue weighted by Gasteiger charge is -2.35. The fourth-order valence-corrected chi connectivity index (χ4v) is 2.51. The Morgan fingerprint density at radius 3 is 2.57 bits per heavy atom. The van der Waals surface area contributed by atoms with Gasteiger partial charge in [-0.3, -0.25) is 4.99 Å². The highest BCUT2D eigenvalue weighted by Crippen LogP contribution is 2.34. The Bertz CT molecular complexity index is 462. The van der Waals surface area contributed by atoms with Crippen molar-refractivity contribution < 1.29 is 4.52 Å². The standard InChI is InChI=1S/C14H25N5O.HI/c1-10-17-12(19-20-10)9-16-13(15-4)18-11-5-7-14(2,3)8-6-11;/h11H,5-9H2,1-4H3,(H2,15,16,18);1H. The maximum atomic E-state index is 4.94. The summed E-state index contributed by atoms with van der Waals surface area (Å²) in [5, 5.41) is 10.6. The lowest BCUT2D eigenvalue weighted by molar-refractivity contribution is 0.216. The van der Waals surface area contributed by atoms with Gasteiger partial charge in [-0.1, -0.05) is 19.0 Å². The first-order chi connectivity index (χ1) is 9.48. The Labute approximate surface area is 143 Å². The van der Waals surface area contributed by atoms with Crippen molar-refractivity contribution in [1.29, 1.82) is 0 Å². The van der Waals surface area contributed by atoms with Gasteiger partial charge in [0.2, 0.25) is 5.89 Å². The molecule has 0 unspecified atom stereocenters. The molecule has 1 aromatic rings. The Morgan fingerprint density at radius 2 is 2.05 bits per heavy atom. The summed E-state index contributed by atoms with van der Waals surface area (Å²) in [5.41, 5.74) is 0.483. The fourth-order valence-electron chi connectivity index (χ4n) is 2.51. The van der Waals surface area contributed by atoms with Crippen molar-refractivity contribution in [2.45, 2.75) is 59.0 Å². The number of aryl methyl sites for hydroxylation is 1. The zero-order chi connectivity index (χ0) is 14.6. The van der Waals surface area contributed by atoms with Crippen molar-refractivity contribution in [3.05, 3.63) is 11.7 Å². The van der Waals surface area contributed by atoms with Crippen LogP contribution in [0.1, 0.15) is 51.2 Å². The first-order valence-corrected chi connectivity index (χ1v) is 7.25. The minimum atomic E-state index is 0. The average Bonchev–Trinajstić information content (AvgIpc) is 2.82. The highest BCUT2D eigenvalue weighted by Gasteiger charge is 2.27. The van der Waals surface area contributed by atoms with Crippen LogP contribution in [0.15, 0.2) is 9.52 Å². The van der Waals surface area contributed by atoms with E-state index in [-0.39, 0.29) is 24.0 Å². The summed E-state index contributed by atoms with van der Waals surface area (Å²) in [6.07, 6.45) is 4.89. The van der Waals surface area contributed by atoms with E-state index in [2.05, 4.69) is 39.6 Å². The van der Waals surface area contributed by atoms with Crippen molar-refractivity contribution in [3.63, 3.8) is 0 Å². The van der Waals surface area contributed by atoms with E-state index >= 15 is 0 Å². The van der Waals surface area contributed by atoms with Gasteiger partial charge in [0.15, 0.2) is 11.8 Å². The number of rotatable bonds is 3. The van der Waals surface area contributed by atoms with E-state index < -0.39 is 0 Å². The highest BCUT2D eigenvalue weighted by atomic mass is 127. The molecule has 1 aliphatic rings. The number of halogens is 1. The Balaban J connectivity index is 0.00000220. The number of nitrogens with one attached hydrogen (secondary N) is 2. The summed E-state index contributed by atoms with van der Waals surface area (Å²) in [4.78, 5) is 8.41. The summed E-state index contributed by atoms with van der Waals surface area (Å²) in [5.74, 6) is 2.03. The quantitative estimate of drug-likeness (QED) is 0.458. The highest BCUT2D eigenvalue weighted by molar-refractivity contribution is 14.0. The zero-order valence-corrected chi connectivity index (χ0v) is 15.6. The molecule has 1 heterocycles. The zero-order valence-electron chi connectivity index (χ0n) is 13.3. The van der Waals surface area contributed by atoms with Crippen molar-refractivity contribution >= 4 is 29.9 Å². The van der Waals surface area contributed by atoms with Gasteiger partial charge < -0.3 is 15.2 Å². The molecule has 6 nitrogen and oxygen atoms in total. The molecule has 120 valence electrons. The normalized spacial score (nSPS) is 19.0. The van der Waals surface area contributed by atoms with E-state index in [1.54, 1.807) is 14.0 Å². The summed E-state index contributed by atoms with van der Waals surface area (Å²) in [7, 11) is 1.78. The number of nitrogens with zero attached hydrogens (tertiary/aromatic N) is 3. The van der Waals surface area contributed by atoms with E-state index in [4.69, 9.17) is 4.52 Å². The maximum Gasteiger partial charge on any atom is 0.223 e. The second-order valence-electron chi connectivity index (χ2n) is 6.24. The number of hydrogen-bond donors (Lipinski definition) is 2. The minimum absolute atomic E-state index is 0. The first kappa shape index (κ1) is 18.2. The lowest BCUT2D eigenvalue weighted by atomic mass is 9.75. The Morgan fingerprint density at radius 1 is 1.38 bits per heavy atom. The van der Waals surface area contributed by atoms with Crippen LogP contribution >= 0.6 is 24.0 Å². The molecule has 1 fully saturated rings. The van der Waals surface area contributed by atoms with E-state index in [1.165, 1.54) is 25.7 Å². The van der Waals surface area contributed by atoms with E-state index in [1.807, 2.05) is 0 Å². The van der Waals surface area contributed by atoms with Gasteiger partial charge in [0, 0.05) is 20.0 Å². The molecule has 0 atom stereocenters. The molecular weight excluding hydrogens is 381 g/mol. The molecule has 21 heavy (non-hydrogen) atoms. The first-order valence-electron chi connectivity index (χ1n) is 7.25. The van der Waals surface area contributed by atoms with Gasteiger partial charge in [-0.05, 0) is 31.1 Å². The molecular formula is C14H26IN5O. The third-order valence-electron chi connectivity index (χ3n) is 3.89. The number of hydrogen-bond acceptors (Lipinski definition) is 4. The molecule has 0 radical (unpaired) electrons. The van der Waals surface area contributed by atoms with Gasteiger partial charge in [-0.2, -0.15) is 4.98 Å². The number of guanidine groups is 1. The molecule has 0 spiro atoms.